The molecule has 1 unspecified atom stereocenters. The van der Waals surface area contributed by atoms with Crippen LogP contribution in [0.15, 0.2) is 36.5 Å². The van der Waals surface area contributed by atoms with E-state index < -0.39 is 0 Å². The number of halogens is 1. The fraction of sp³-hybridized carbons (Fsp3) is 0.375. The highest BCUT2D eigenvalue weighted by Gasteiger charge is 2.25. The van der Waals surface area contributed by atoms with E-state index in [1.807, 2.05) is 35.2 Å². The van der Waals surface area contributed by atoms with Gasteiger partial charge < -0.3 is 10.2 Å². The van der Waals surface area contributed by atoms with E-state index in [0.717, 1.165) is 37.2 Å². The molecule has 2 heterocycles. The van der Waals surface area contributed by atoms with Gasteiger partial charge in [0.15, 0.2) is 0 Å². The molecule has 0 radical (unpaired) electrons. The minimum Gasteiger partial charge on any atom is -0.334 e. The first-order chi connectivity index (χ1) is 10.7. The number of amides is 2. The molecule has 2 N–H and O–H groups in total. The Morgan fingerprint density at radius 3 is 2.91 bits per heavy atom. The molecule has 0 saturated carbocycles. The summed E-state index contributed by atoms with van der Waals surface area (Å²) in [5, 5.41) is 10.7. The van der Waals surface area contributed by atoms with Gasteiger partial charge in [-0.25, -0.2) is 4.79 Å². The topological polar surface area (TPSA) is 61.0 Å². The number of hydrogen-bond donors (Lipinski definition) is 2. The van der Waals surface area contributed by atoms with E-state index in [0.29, 0.717) is 17.5 Å². The fourth-order valence-corrected chi connectivity index (χ4v) is 2.93. The zero-order chi connectivity index (χ0) is 15.4. The van der Waals surface area contributed by atoms with Crippen molar-refractivity contribution >= 4 is 17.6 Å². The first-order valence-corrected chi connectivity index (χ1v) is 7.86. The van der Waals surface area contributed by atoms with E-state index in [1.54, 1.807) is 6.20 Å². The van der Waals surface area contributed by atoms with Gasteiger partial charge in [-0.05, 0) is 36.6 Å². The van der Waals surface area contributed by atoms with Crippen molar-refractivity contribution in [3.8, 4) is 0 Å². The lowest BCUT2D eigenvalue weighted by molar-refractivity contribution is 0.178. The van der Waals surface area contributed by atoms with Crippen molar-refractivity contribution < 1.29 is 4.79 Å². The standard InChI is InChI=1S/C16H19ClN4O/c17-14-5-3-12(4-6-14)10-18-16(22)21-9-1-2-13(11-21)15-7-8-19-20-15/h3-8,13H,1-2,9-11H2,(H,18,22)(H,19,20). The molecule has 1 aliphatic heterocycles. The summed E-state index contributed by atoms with van der Waals surface area (Å²) in [4.78, 5) is 14.2. The molecule has 1 aliphatic rings. The summed E-state index contributed by atoms with van der Waals surface area (Å²) >= 11 is 5.86. The van der Waals surface area contributed by atoms with Crippen LogP contribution in [0.4, 0.5) is 4.79 Å². The van der Waals surface area contributed by atoms with E-state index in [4.69, 9.17) is 11.6 Å². The molecule has 116 valence electrons. The third-order valence-corrected chi connectivity index (χ3v) is 4.28. The maximum Gasteiger partial charge on any atom is 0.317 e. The van der Waals surface area contributed by atoms with Crippen LogP contribution in [-0.2, 0) is 6.54 Å². The quantitative estimate of drug-likeness (QED) is 0.913. The van der Waals surface area contributed by atoms with E-state index in [2.05, 4.69) is 15.5 Å². The Bertz CT molecular complexity index is 612. The Morgan fingerprint density at radius 1 is 1.36 bits per heavy atom. The second-order valence-electron chi connectivity index (χ2n) is 5.58. The van der Waals surface area contributed by atoms with Crippen molar-refractivity contribution in [1.29, 1.82) is 0 Å². The molecule has 2 amide bonds. The van der Waals surface area contributed by atoms with Gasteiger partial charge >= 0.3 is 6.03 Å². The Balaban J connectivity index is 1.54. The van der Waals surface area contributed by atoms with Gasteiger partial charge in [-0.1, -0.05) is 23.7 Å². The number of H-pyrrole nitrogens is 1. The van der Waals surface area contributed by atoms with Gasteiger partial charge in [0, 0.05) is 42.5 Å². The number of benzene rings is 1. The van der Waals surface area contributed by atoms with Gasteiger partial charge in [0.2, 0.25) is 0 Å². The second kappa shape index (κ2) is 6.83. The number of rotatable bonds is 3. The van der Waals surface area contributed by atoms with Crippen molar-refractivity contribution in [1.82, 2.24) is 20.4 Å². The lowest BCUT2D eigenvalue weighted by atomic mass is 9.95. The number of likely N-dealkylation sites (tertiary alicyclic amines) is 1. The minimum absolute atomic E-state index is 0.0147. The van der Waals surface area contributed by atoms with Gasteiger partial charge in [0.25, 0.3) is 0 Å². The van der Waals surface area contributed by atoms with Crippen molar-refractivity contribution in [3.05, 3.63) is 52.8 Å². The number of nitrogens with zero attached hydrogens (tertiary/aromatic N) is 2. The molecule has 1 aromatic carbocycles. The zero-order valence-corrected chi connectivity index (χ0v) is 13.0. The van der Waals surface area contributed by atoms with Crippen LogP contribution in [0.1, 0.15) is 30.0 Å². The molecule has 0 spiro atoms. The summed E-state index contributed by atoms with van der Waals surface area (Å²) in [5.74, 6) is 0.345. The third-order valence-electron chi connectivity index (χ3n) is 4.03. The largest absolute Gasteiger partial charge is 0.334 e. The number of urea groups is 1. The summed E-state index contributed by atoms with van der Waals surface area (Å²) < 4.78 is 0. The predicted octanol–water partition coefficient (Wildman–Crippen LogP) is 3.15. The van der Waals surface area contributed by atoms with Gasteiger partial charge in [-0.15, -0.1) is 0 Å². The highest BCUT2D eigenvalue weighted by atomic mass is 35.5. The Hall–Kier alpha value is -2.01. The van der Waals surface area contributed by atoms with E-state index >= 15 is 0 Å². The van der Waals surface area contributed by atoms with Crippen LogP contribution < -0.4 is 5.32 Å². The number of nitrogens with one attached hydrogen (secondary N) is 2. The fourth-order valence-electron chi connectivity index (χ4n) is 2.80. The molecule has 0 aliphatic carbocycles. The zero-order valence-electron chi connectivity index (χ0n) is 12.3. The SMILES string of the molecule is O=C(NCc1ccc(Cl)cc1)N1CCCC(c2ccn[nH]2)C1. The summed E-state index contributed by atoms with van der Waals surface area (Å²) in [6.07, 6.45) is 3.86. The molecule has 0 bridgehead atoms. The smallest absolute Gasteiger partial charge is 0.317 e. The van der Waals surface area contributed by atoms with Crippen LogP contribution in [-0.4, -0.2) is 34.2 Å². The highest BCUT2D eigenvalue weighted by Crippen LogP contribution is 2.25. The first kappa shape index (κ1) is 14.9. The second-order valence-corrected chi connectivity index (χ2v) is 6.02. The summed E-state index contributed by atoms with van der Waals surface area (Å²) in [6, 6.07) is 9.48. The average molecular weight is 319 g/mol. The Labute approximate surface area is 134 Å². The molecule has 1 aromatic heterocycles. The number of piperidine rings is 1. The van der Waals surface area contributed by atoms with Crippen molar-refractivity contribution in [2.24, 2.45) is 0 Å². The molecule has 5 nitrogen and oxygen atoms in total. The Morgan fingerprint density at radius 2 is 2.18 bits per heavy atom. The van der Waals surface area contributed by atoms with Crippen LogP contribution in [0.5, 0.6) is 0 Å². The lowest BCUT2D eigenvalue weighted by Gasteiger charge is -2.32. The summed E-state index contributed by atoms with van der Waals surface area (Å²) in [6.45, 7) is 2.05. The number of carbonyl (C=O) groups excluding carboxylic acids is 1. The molecule has 22 heavy (non-hydrogen) atoms. The lowest BCUT2D eigenvalue weighted by Crippen LogP contribution is -2.44. The van der Waals surface area contributed by atoms with E-state index in [9.17, 15) is 4.79 Å². The molecule has 1 fully saturated rings. The number of aromatic amines is 1. The molecule has 6 heteroatoms. The Kier molecular flexibility index (Phi) is 4.63. The average Bonchev–Trinajstić information content (AvgIpc) is 3.09. The maximum absolute atomic E-state index is 12.3. The van der Waals surface area contributed by atoms with E-state index in [1.165, 1.54) is 0 Å². The first-order valence-electron chi connectivity index (χ1n) is 7.49. The third kappa shape index (κ3) is 3.60. The number of hydrogen-bond acceptors (Lipinski definition) is 2. The van der Waals surface area contributed by atoms with Gasteiger partial charge in [-0.3, -0.25) is 5.10 Å². The van der Waals surface area contributed by atoms with Crippen molar-refractivity contribution in [2.75, 3.05) is 13.1 Å². The molecule has 1 saturated heterocycles. The summed E-state index contributed by atoms with van der Waals surface area (Å²) in [7, 11) is 0. The highest BCUT2D eigenvalue weighted by molar-refractivity contribution is 6.30. The van der Waals surface area contributed by atoms with Crippen LogP contribution >= 0.6 is 11.6 Å². The molecular formula is C16H19ClN4O. The summed E-state index contributed by atoms with van der Waals surface area (Å²) in [5.41, 5.74) is 2.15. The van der Waals surface area contributed by atoms with Crippen molar-refractivity contribution in [2.45, 2.75) is 25.3 Å². The maximum atomic E-state index is 12.3. The number of aromatic nitrogens is 2. The molecule has 2 aromatic rings. The van der Waals surface area contributed by atoms with Gasteiger partial charge in [0.1, 0.15) is 0 Å². The van der Waals surface area contributed by atoms with Crippen LogP contribution in [0, 0.1) is 0 Å². The normalized spacial score (nSPS) is 18.2. The van der Waals surface area contributed by atoms with Crippen LogP contribution in [0.25, 0.3) is 0 Å². The van der Waals surface area contributed by atoms with Gasteiger partial charge in [0.05, 0.1) is 0 Å². The molecular weight excluding hydrogens is 300 g/mol. The number of carbonyl (C=O) groups is 1. The molecule has 1 atom stereocenters. The predicted molar refractivity (Wildman–Crippen MR) is 85.8 cm³/mol. The minimum atomic E-state index is -0.0147. The van der Waals surface area contributed by atoms with Crippen LogP contribution in [0.3, 0.4) is 0 Å². The van der Waals surface area contributed by atoms with Crippen molar-refractivity contribution in [3.63, 3.8) is 0 Å². The van der Waals surface area contributed by atoms with E-state index in [-0.39, 0.29) is 6.03 Å². The van der Waals surface area contributed by atoms with Crippen LogP contribution in [0.2, 0.25) is 5.02 Å². The van der Waals surface area contributed by atoms with Gasteiger partial charge in [-0.2, -0.15) is 5.10 Å². The molecule has 3 rings (SSSR count). The monoisotopic (exact) mass is 318 g/mol.